The van der Waals surface area contributed by atoms with E-state index in [9.17, 15) is 0 Å². The quantitative estimate of drug-likeness (QED) is 0.906. The zero-order valence-corrected chi connectivity index (χ0v) is 11.7. The van der Waals surface area contributed by atoms with Crippen LogP contribution in [0.3, 0.4) is 0 Å². The van der Waals surface area contributed by atoms with Crippen LogP contribution in [0.25, 0.3) is 5.82 Å². The van der Waals surface area contributed by atoms with Crippen molar-refractivity contribution < 1.29 is 0 Å². The average molecular weight is 269 g/mol. The van der Waals surface area contributed by atoms with Crippen LogP contribution in [0.5, 0.6) is 0 Å². The Kier molecular flexibility index (Phi) is 2.72. The first-order valence-electron chi connectivity index (χ1n) is 7.52. The van der Waals surface area contributed by atoms with Crippen LogP contribution in [-0.2, 0) is 0 Å². The molecular formula is C15H19N5. The van der Waals surface area contributed by atoms with Crippen molar-refractivity contribution in [2.45, 2.75) is 44.4 Å². The van der Waals surface area contributed by atoms with Crippen LogP contribution in [0.4, 0.5) is 5.82 Å². The van der Waals surface area contributed by atoms with Gasteiger partial charge in [0.1, 0.15) is 11.6 Å². The van der Waals surface area contributed by atoms with Gasteiger partial charge in [-0.2, -0.15) is 5.10 Å². The van der Waals surface area contributed by atoms with E-state index in [-0.39, 0.29) is 0 Å². The fraction of sp³-hybridized carbons (Fsp3) is 0.533. The molecule has 0 saturated heterocycles. The molecule has 4 rings (SSSR count). The second-order valence-corrected chi connectivity index (χ2v) is 5.73. The molecule has 2 aromatic rings. The number of anilines is 1. The molecule has 0 aliphatic heterocycles. The lowest BCUT2D eigenvalue weighted by molar-refractivity contribution is 0.788. The highest BCUT2D eigenvalue weighted by Crippen LogP contribution is 2.40. The van der Waals surface area contributed by atoms with Crippen molar-refractivity contribution in [2.24, 2.45) is 0 Å². The van der Waals surface area contributed by atoms with E-state index in [4.69, 9.17) is 4.98 Å². The Morgan fingerprint density at radius 3 is 2.70 bits per heavy atom. The summed E-state index contributed by atoms with van der Waals surface area (Å²) in [6.45, 7) is 2.95. The minimum absolute atomic E-state index is 0.547. The predicted molar refractivity (Wildman–Crippen MR) is 77.3 cm³/mol. The van der Waals surface area contributed by atoms with E-state index >= 15 is 0 Å². The van der Waals surface area contributed by atoms with Crippen molar-refractivity contribution in [3.8, 4) is 5.82 Å². The van der Waals surface area contributed by atoms with E-state index in [0.717, 1.165) is 24.0 Å². The van der Waals surface area contributed by atoms with Crippen molar-refractivity contribution in [3.05, 3.63) is 29.8 Å². The van der Waals surface area contributed by atoms with Crippen LogP contribution >= 0.6 is 0 Å². The van der Waals surface area contributed by atoms with Gasteiger partial charge in [0.25, 0.3) is 0 Å². The maximum absolute atomic E-state index is 4.69. The molecule has 1 N–H and O–H groups in total. The molecule has 0 atom stereocenters. The summed E-state index contributed by atoms with van der Waals surface area (Å²) in [7, 11) is 0. The topological polar surface area (TPSA) is 55.6 Å². The molecule has 0 radical (unpaired) electrons. The third kappa shape index (κ3) is 2.28. The molecule has 20 heavy (non-hydrogen) atoms. The maximum atomic E-state index is 4.69. The zero-order valence-electron chi connectivity index (χ0n) is 11.7. The standard InChI is InChI=1S/C15H19N5/c1-2-16-13-9-14(18-15(17-13)11-5-6-11)20-8-7-12(19-20)10-3-4-10/h7-11H,2-6H2,1H3,(H,16,17,18). The van der Waals surface area contributed by atoms with Gasteiger partial charge in [-0.05, 0) is 38.7 Å². The number of hydrogen-bond donors (Lipinski definition) is 1. The number of nitrogens with zero attached hydrogens (tertiary/aromatic N) is 4. The molecule has 0 amide bonds. The van der Waals surface area contributed by atoms with E-state index in [2.05, 4.69) is 28.4 Å². The molecule has 5 nitrogen and oxygen atoms in total. The fourth-order valence-corrected chi connectivity index (χ4v) is 2.43. The summed E-state index contributed by atoms with van der Waals surface area (Å²) in [6, 6.07) is 4.10. The largest absolute Gasteiger partial charge is 0.370 e. The van der Waals surface area contributed by atoms with Gasteiger partial charge >= 0.3 is 0 Å². The second-order valence-electron chi connectivity index (χ2n) is 5.73. The van der Waals surface area contributed by atoms with Gasteiger partial charge in [-0.15, -0.1) is 0 Å². The zero-order chi connectivity index (χ0) is 13.5. The van der Waals surface area contributed by atoms with E-state index in [1.54, 1.807) is 0 Å². The Labute approximate surface area is 118 Å². The third-order valence-corrected chi connectivity index (χ3v) is 3.87. The lowest BCUT2D eigenvalue weighted by Crippen LogP contribution is -2.08. The van der Waals surface area contributed by atoms with Gasteiger partial charge in [0.05, 0.1) is 5.69 Å². The number of hydrogen-bond acceptors (Lipinski definition) is 4. The van der Waals surface area contributed by atoms with Gasteiger partial charge in [0.15, 0.2) is 5.82 Å². The molecule has 2 aliphatic carbocycles. The first-order valence-corrected chi connectivity index (χ1v) is 7.52. The number of rotatable bonds is 5. The molecule has 2 heterocycles. The molecular weight excluding hydrogens is 250 g/mol. The third-order valence-electron chi connectivity index (χ3n) is 3.87. The van der Waals surface area contributed by atoms with Gasteiger partial charge < -0.3 is 5.32 Å². The molecule has 2 fully saturated rings. The Bertz CT molecular complexity index is 625. The summed E-state index contributed by atoms with van der Waals surface area (Å²) in [5.74, 6) is 3.97. The van der Waals surface area contributed by atoms with Crippen molar-refractivity contribution in [1.82, 2.24) is 19.7 Å². The monoisotopic (exact) mass is 269 g/mol. The lowest BCUT2D eigenvalue weighted by atomic mass is 10.3. The van der Waals surface area contributed by atoms with Crippen molar-refractivity contribution in [1.29, 1.82) is 0 Å². The van der Waals surface area contributed by atoms with Crippen LogP contribution in [0.2, 0.25) is 0 Å². The predicted octanol–water partition coefficient (Wildman–Crippen LogP) is 2.85. The molecule has 2 aromatic heterocycles. The number of nitrogens with one attached hydrogen (secondary N) is 1. The smallest absolute Gasteiger partial charge is 0.159 e. The van der Waals surface area contributed by atoms with Gasteiger partial charge in [-0.3, -0.25) is 0 Å². The molecule has 2 aliphatic rings. The summed E-state index contributed by atoms with van der Waals surface area (Å²) < 4.78 is 1.89. The minimum Gasteiger partial charge on any atom is -0.370 e. The molecule has 0 bridgehead atoms. The molecule has 0 aromatic carbocycles. The van der Waals surface area contributed by atoms with E-state index < -0.39 is 0 Å². The first kappa shape index (κ1) is 11.9. The van der Waals surface area contributed by atoms with E-state index in [0.29, 0.717) is 11.8 Å². The maximum Gasteiger partial charge on any atom is 0.159 e. The second kappa shape index (κ2) is 4.58. The summed E-state index contributed by atoms with van der Waals surface area (Å²) >= 11 is 0. The molecule has 5 heteroatoms. The minimum atomic E-state index is 0.547. The Morgan fingerprint density at radius 1 is 1.20 bits per heavy atom. The highest BCUT2D eigenvalue weighted by Gasteiger charge is 2.28. The van der Waals surface area contributed by atoms with Crippen molar-refractivity contribution in [3.63, 3.8) is 0 Å². The van der Waals surface area contributed by atoms with Gasteiger partial charge in [-0.25, -0.2) is 14.6 Å². The van der Waals surface area contributed by atoms with Gasteiger partial charge in [-0.1, -0.05) is 0 Å². The van der Waals surface area contributed by atoms with Gasteiger partial charge in [0.2, 0.25) is 0 Å². The Morgan fingerprint density at radius 2 is 2.00 bits per heavy atom. The first-order chi connectivity index (χ1) is 9.83. The van der Waals surface area contributed by atoms with Crippen LogP contribution in [0, 0.1) is 0 Å². The van der Waals surface area contributed by atoms with Crippen LogP contribution in [-0.4, -0.2) is 26.3 Å². The van der Waals surface area contributed by atoms with Crippen LogP contribution < -0.4 is 5.32 Å². The summed E-state index contributed by atoms with van der Waals surface area (Å²) in [5, 5.41) is 7.95. The van der Waals surface area contributed by atoms with Crippen molar-refractivity contribution >= 4 is 5.82 Å². The molecule has 2 saturated carbocycles. The van der Waals surface area contributed by atoms with Crippen LogP contribution in [0.15, 0.2) is 18.3 Å². The molecule has 0 unspecified atom stereocenters. The summed E-state index contributed by atoms with van der Waals surface area (Å²) in [5.41, 5.74) is 1.20. The normalized spacial score (nSPS) is 18.2. The molecule has 104 valence electrons. The Balaban J connectivity index is 1.70. The van der Waals surface area contributed by atoms with E-state index in [1.807, 2.05) is 16.9 Å². The fourth-order valence-electron chi connectivity index (χ4n) is 2.43. The lowest BCUT2D eigenvalue weighted by Gasteiger charge is -2.08. The number of aromatic nitrogens is 4. The highest BCUT2D eigenvalue weighted by molar-refractivity contribution is 5.42. The average Bonchev–Trinajstić information content (AvgIpc) is 3.37. The molecule has 0 spiro atoms. The SMILES string of the molecule is CCNc1cc(-n2ccc(C3CC3)n2)nc(C2CC2)n1. The highest BCUT2D eigenvalue weighted by atomic mass is 15.3. The summed E-state index contributed by atoms with van der Waals surface area (Å²) in [4.78, 5) is 9.29. The Hall–Kier alpha value is -1.91. The van der Waals surface area contributed by atoms with Gasteiger partial charge in [0, 0.05) is 30.6 Å². The van der Waals surface area contributed by atoms with Crippen LogP contribution in [0.1, 0.15) is 56.0 Å². The van der Waals surface area contributed by atoms with E-state index in [1.165, 1.54) is 31.4 Å². The summed E-state index contributed by atoms with van der Waals surface area (Å²) in [6.07, 6.45) is 6.98. The van der Waals surface area contributed by atoms with Crippen molar-refractivity contribution in [2.75, 3.05) is 11.9 Å².